The van der Waals surface area contributed by atoms with Crippen LogP contribution in [0.1, 0.15) is 18.5 Å². The van der Waals surface area contributed by atoms with Gasteiger partial charge in [0, 0.05) is 42.0 Å². The van der Waals surface area contributed by atoms with E-state index in [1.165, 1.54) is 6.07 Å². The van der Waals surface area contributed by atoms with Crippen molar-refractivity contribution < 1.29 is 17.9 Å². The van der Waals surface area contributed by atoms with Crippen LogP contribution in [0.5, 0.6) is 11.8 Å². The Labute approximate surface area is 199 Å². The van der Waals surface area contributed by atoms with Gasteiger partial charge in [0.05, 0.1) is 0 Å². The monoisotopic (exact) mass is 493 g/mol. The fraction of sp³-hybridized carbons (Fsp3) is 0.455. The summed E-state index contributed by atoms with van der Waals surface area (Å²) in [6, 6.07) is 5.51. The number of aryl methyl sites for hydroxylation is 1. The Hall–Kier alpha value is -3.08. The molecule has 0 radical (unpaired) electrons. The first-order chi connectivity index (χ1) is 16.3. The first-order valence-corrected chi connectivity index (χ1v) is 11.4. The SMILES string of the molecule is Cc1cc(N2CC3CCC(C2)C3Nc2nc(Oc3cc(F)cc(Cl)c3)n(CC(F)F)n2)ncn1. The Bertz CT molecular complexity index is 1140. The summed E-state index contributed by atoms with van der Waals surface area (Å²) >= 11 is 5.87. The van der Waals surface area contributed by atoms with E-state index in [4.69, 9.17) is 16.3 Å². The number of anilines is 2. The second-order valence-corrected chi connectivity index (χ2v) is 9.13. The van der Waals surface area contributed by atoms with Crippen molar-refractivity contribution in [2.24, 2.45) is 11.8 Å². The number of alkyl halides is 2. The molecule has 1 aliphatic carbocycles. The van der Waals surface area contributed by atoms with Crippen LogP contribution < -0.4 is 15.0 Å². The molecule has 2 bridgehead atoms. The van der Waals surface area contributed by atoms with Crippen LogP contribution in [0.3, 0.4) is 0 Å². The molecule has 1 aliphatic heterocycles. The van der Waals surface area contributed by atoms with Gasteiger partial charge in [0.2, 0.25) is 5.95 Å². The number of hydrogen-bond acceptors (Lipinski definition) is 7. The molecule has 0 amide bonds. The smallest absolute Gasteiger partial charge is 0.322 e. The summed E-state index contributed by atoms with van der Waals surface area (Å²) in [5, 5.41) is 7.66. The van der Waals surface area contributed by atoms with E-state index in [0.29, 0.717) is 11.8 Å². The quantitative estimate of drug-likeness (QED) is 0.517. The van der Waals surface area contributed by atoms with Crippen molar-refractivity contribution in [1.82, 2.24) is 24.7 Å². The molecule has 2 aromatic heterocycles. The lowest BCUT2D eigenvalue weighted by atomic mass is 9.92. The van der Waals surface area contributed by atoms with Crippen molar-refractivity contribution in [3.8, 4) is 11.8 Å². The van der Waals surface area contributed by atoms with E-state index < -0.39 is 18.8 Å². The molecule has 0 spiro atoms. The number of nitrogens with one attached hydrogen (secondary N) is 1. The molecule has 8 nitrogen and oxygen atoms in total. The molecule has 5 rings (SSSR count). The van der Waals surface area contributed by atoms with Crippen molar-refractivity contribution in [3.05, 3.63) is 47.1 Å². The molecule has 3 aromatic rings. The number of hydrogen-bond donors (Lipinski definition) is 1. The summed E-state index contributed by atoms with van der Waals surface area (Å²) in [5.74, 6) is 1.19. The number of aromatic nitrogens is 5. The zero-order valence-electron chi connectivity index (χ0n) is 18.3. The number of piperidine rings is 1. The van der Waals surface area contributed by atoms with Crippen molar-refractivity contribution in [3.63, 3.8) is 0 Å². The highest BCUT2D eigenvalue weighted by molar-refractivity contribution is 6.30. The van der Waals surface area contributed by atoms with E-state index in [0.717, 1.165) is 54.3 Å². The fourth-order valence-electron chi connectivity index (χ4n) is 4.81. The van der Waals surface area contributed by atoms with E-state index in [-0.39, 0.29) is 28.8 Å². The third-order valence-electron chi connectivity index (χ3n) is 6.24. The standard InChI is InChI=1S/C22H23ClF3N7O/c1-12-4-19(28-11-27-12)32-8-13-2-3-14(9-32)20(13)29-21-30-22(33(31-21)10-18(25)26)34-17-6-15(23)5-16(24)7-17/h4-7,11,13-14,18,20H,2-3,8-10H2,1H3,(H,29,31). The summed E-state index contributed by atoms with van der Waals surface area (Å²) in [6.07, 6.45) is 0.977. The van der Waals surface area contributed by atoms with Crippen molar-refractivity contribution in [1.29, 1.82) is 0 Å². The van der Waals surface area contributed by atoms with Gasteiger partial charge in [-0.2, -0.15) is 4.98 Å². The Balaban J connectivity index is 1.33. The molecule has 12 heteroatoms. The Kier molecular flexibility index (Phi) is 6.20. The van der Waals surface area contributed by atoms with Crippen LogP contribution in [-0.4, -0.2) is 50.3 Å². The highest BCUT2D eigenvalue weighted by Gasteiger charge is 2.43. The number of ether oxygens (including phenoxy) is 1. The summed E-state index contributed by atoms with van der Waals surface area (Å²) in [5.41, 5.74) is 0.915. The van der Waals surface area contributed by atoms with Gasteiger partial charge in [-0.25, -0.2) is 27.8 Å². The van der Waals surface area contributed by atoms with Gasteiger partial charge in [0.15, 0.2) is 0 Å². The molecule has 34 heavy (non-hydrogen) atoms. The molecule has 3 heterocycles. The zero-order valence-corrected chi connectivity index (χ0v) is 19.1. The lowest BCUT2D eigenvalue weighted by Gasteiger charge is -2.38. The minimum Gasteiger partial charge on any atom is -0.424 e. The van der Waals surface area contributed by atoms with Gasteiger partial charge >= 0.3 is 6.01 Å². The molecule has 180 valence electrons. The number of benzene rings is 1. The predicted molar refractivity (Wildman–Crippen MR) is 120 cm³/mol. The number of fused-ring (bicyclic) bond motifs is 2. The first-order valence-electron chi connectivity index (χ1n) is 11.0. The van der Waals surface area contributed by atoms with Crippen molar-refractivity contribution in [2.45, 2.75) is 38.8 Å². The molecule has 1 saturated heterocycles. The van der Waals surface area contributed by atoms with E-state index in [9.17, 15) is 13.2 Å². The molecular formula is C22H23ClF3N7O. The van der Waals surface area contributed by atoms with Gasteiger partial charge in [-0.3, -0.25) is 0 Å². The average molecular weight is 494 g/mol. The van der Waals surface area contributed by atoms with E-state index in [1.807, 2.05) is 13.0 Å². The maximum atomic E-state index is 13.7. The van der Waals surface area contributed by atoms with Gasteiger partial charge in [0.25, 0.3) is 6.43 Å². The van der Waals surface area contributed by atoms with E-state index in [1.54, 1.807) is 6.33 Å². The minimum atomic E-state index is -2.66. The van der Waals surface area contributed by atoms with Crippen LogP contribution in [0.15, 0.2) is 30.6 Å². The minimum absolute atomic E-state index is 0.0491. The number of nitrogens with zero attached hydrogens (tertiary/aromatic N) is 6. The summed E-state index contributed by atoms with van der Waals surface area (Å²) in [4.78, 5) is 15.1. The van der Waals surface area contributed by atoms with Crippen molar-refractivity contribution >= 4 is 23.4 Å². The average Bonchev–Trinajstić information content (AvgIpc) is 3.21. The maximum absolute atomic E-state index is 13.7. The second kappa shape index (κ2) is 9.28. The maximum Gasteiger partial charge on any atom is 0.322 e. The van der Waals surface area contributed by atoms with Crippen LogP contribution in [0.25, 0.3) is 0 Å². The van der Waals surface area contributed by atoms with Gasteiger partial charge in [0.1, 0.15) is 30.3 Å². The molecule has 2 aliphatic rings. The normalized spacial score (nSPS) is 21.8. The Morgan fingerprint density at radius 2 is 1.91 bits per heavy atom. The third kappa shape index (κ3) is 4.89. The molecule has 1 N–H and O–H groups in total. The van der Waals surface area contributed by atoms with Gasteiger partial charge in [-0.15, -0.1) is 5.10 Å². The molecular weight excluding hydrogens is 471 g/mol. The van der Waals surface area contributed by atoms with Gasteiger partial charge in [-0.1, -0.05) is 11.6 Å². The highest BCUT2D eigenvalue weighted by atomic mass is 35.5. The van der Waals surface area contributed by atoms with Crippen LogP contribution in [0.4, 0.5) is 24.9 Å². The van der Waals surface area contributed by atoms with Crippen molar-refractivity contribution in [2.75, 3.05) is 23.3 Å². The topological polar surface area (TPSA) is 81.0 Å². The summed E-state index contributed by atoms with van der Waals surface area (Å²) in [6.45, 7) is 2.86. The number of rotatable bonds is 7. The molecule has 2 unspecified atom stereocenters. The molecule has 2 atom stereocenters. The molecule has 2 fully saturated rings. The van der Waals surface area contributed by atoms with Crippen LogP contribution >= 0.6 is 11.6 Å². The largest absolute Gasteiger partial charge is 0.424 e. The van der Waals surface area contributed by atoms with Crippen LogP contribution in [0.2, 0.25) is 5.02 Å². The number of halogens is 4. The van der Waals surface area contributed by atoms with E-state index in [2.05, 4.69) is 30.3 Å². The van der Waals surface area contributed by atoms with Crippen LogP contribution in [0, 0.1) is 24.6 Å². The summed E-state index contributed by atoms with van der Waals surface area (Å²) < 4.78 is 46.5. The second-order valence-electron chi connectivity index (χ2n) is 8.69. The lowest BCUT2D eigenvalue weighted by Crippen LogP contribution is -2.48. The van der Waals surface area contributed by atoms with Crippen LogP contribution in [-0.2, 0) is 6.54 Å². The third-order valence-corrected chi connectivity index (χ3v) is 6.46. The van der Waals surface area contributed by atoms with Gasteiger partial charge < -0.3 is 15.0 Å². The first kappa shape index (κ1) is 22.7. The van der Waals surface area contributed by atoms with Gasteiger partial charge in [-0.05, 0) is 43.7 Å². The lowest BCUT2D eigenvalue weighted by molar-refractivity contribution is 0.118. The highest BCUT2D eigenvalue weighted by Crippen LogP contribution is 2.40. The predicted octanol–water partition coefficient (Wildman–Crippen LogP) is 4.55. The van der Waals surface area contributed by atoms with E-state index >= 15 is 0 Å². The Morgan fingerprint density at radius 1 is 1.15 bits per heavy atom. The molecule has 1 aromatic carbocycles. The summed E-state index contributed by atoms with van der Waals surface area (Å²) in [7, 11) is 0. The zero-order chi connectivity index (χ0) is 23.8. The Morgan fingerprint density at radius 3 is 2.59 bits per heavy atom. The fourth-order valence-corrected chi connectivity index (χ4v) is 5.03. The molecule has 1 saturated carbocycles.